The first-order valence-corrected chi connectivity index (χ1v) is 6.83. The fourth-order valence-corrected chi connectivity index (χ4v) is 2.02. The molecule has 0 unspecified atom stereocenters. The number of carboxylic acids is 1. The number of hydrogen-bond acceptors (Lipinski definition) is 5. The van der Waals surface area contributed by atoms with E-state index in [-0.39, 0.29) is 17.1 Å². The van der Waals surface area contributed by atoms with Gasteiger partial charge < -0.3 is 5.11 Å². The quantitative estimate of drug-likeness (QED) is 0.638. The average Bonchev–Trinajstić information content (AvgIpc) is 2.24. The summed E-state index contributed by atoms with van der Waals surface area (Å²) in [4.78, 5) is 10.5. The summed E-state index contributed by atoms with van der Waals surface area (Å²) < 4.78 is 22.9. The number of hydrogen-bond donors (Lipinski definition) is 1. The van der Waals surface area contributed by atoms with Gasteiger partial charge in [0.1, 0.15) is 12.2 Å². The van der Waals surface area contributed by atoms with Gasteiger partial charge in [-0.25, -0.2) is 8.42 Å². The van der Waals surface area contributed by atoms with Crippen LogP contribution in [0.2, 0.25) is 0 Å². The van der Waals surface area contributed by atoms with Crippen molar-refractivity contribution in [3.8, 4) is 0 Å². The first-order valence-electron chi connectivity index (χ1n) is 4.94. The van der Waals surface area contributed by atoms with Crippen molar-refractivity contribution < 1.29 is 18.3 Å². The Hall–Kier alpha value is -1.96. The van der Waals surface area contributed by atoms with E-state index in [1.807, 2.05) is 0 Å². The third-order valence-electron chi connectivity index (χ3n) is 1.93. The minimum Gasteiger partial charge on any atom is -0.480 e. The summed E-state index contributed by atoms with van der Waals surface area (Å²) in [7, 11) is -1.96. The van der Waals surface area contributed by atoms with Gasteiger partial charge in [0.15, 0.2) is 9.84 Å². The molecule has 0 fully saturated rings. The fourth-order valence-electron chi connectivity index (χ4n) is 1.21. The van der Waals surface area contributed by atoms with Crippen LogP contribution in [0.25, 0.3) is 0 Å². The molecule has 0 aliphatic carbocycles. The summed E-state index contributed by atoms with van der Waals surface area (Å²) in [5, 5.41) is 17.0. The van der Waals surface area contributed by atoms with Crippen molar-refractivity contribution in [2.24, 2.45) is 10.3 Å². The molecule has 0 spiro atoms. The zero-order valence-corrected chi connectivity index (χ0v) is 10.8. The van der Waals surface area contributed by atoms with Gasteiger partial charge in [0.25, 0.3) is 0 Å². The van der Waals surface area contributed by atoms with Crippen LogP contribution in [0.1, 0.15) is 0 Å². The van der Waals surface area contributed by atoms with E-state index in [1.54, 1.807) is 12.1 Å². The molecule has 1 aromatic carbocycles. The van der Waals surface area contributed by atoms with Crippen molar-refractivity contribution in [3.05, 3.63) is 24.3 Å². The van der Waals surface area contributed by atoms with E-state index in [0.29, 0.717) is 0 Å². The zero-order chi connectivity index (χ0) is 13.8. The Morgan fingerprint density at radius 1 is 1.39 bits per heavy atom. The van der Waals surface area contributed by atoms with Gasteiger partial charge in [-0.05, 0) is 12.1 Å². The van der Waals surface area contributed by atoms with E-state index < -0.39 is 15.8 Å². The van der Waals surface area contributed by atoms with Crippen molar-refractivity contribution in [2.75, 3.05) is 19.8 Å². The first-order chi connectivity index (χ1) is 8.30. The molecule has 1 rings (SSSR count). The van der Waals surface area contributed by atoms with E-state index >= 15 is 0 Å². The van der Waals surface area contributed by atoms with Crippen LogP contribution >= 0.6 is 0 Å². The molecule has 7 nitrogen and oxygen atoms in total. The zero-order valence-electron chi connectivity index (χ0n) is 9.94. The number of sulfone groups is 1. The summed E-state index contributed by atoms with van der Waals surface area (Å²) in [6, 6.07) is 6.12. The Morgan fingerprint density at radius 2 is 2.00 bits per heavy atom. The molecule has 0 heterocycles. The van der Waals surface area contributed by atoms with Gasteiger partial charge in [-0.2, -0.15) is 0 Å². The number of nitrogens with zero attached hydrogens (tertiary/aromatic N) is 3. The lowest BCUT2D eigenvalue weighted by Gasteiger charge is -2.07. The number of carbonyl (C=O) groups is 1. The van der Waals surface area contributed by atoms with E-state index in [4.69, 9.17) is 5.11 Å². The molecular weight excluding hydrogens is 258 g/mol. The molecule has 0 saturated carbocycles. The van der Waals surface area contributed by atoms with E-state index in [0.717, 1.165) is 11.3 Å². The lowest BCUT2D eigenvalue weighted by Crippen LogP contribution is -2.19. The highest BCUT2D eigenvalue weighted by Crippen LogP contribution is 2.23. The van der Waals surface area contributed by atoms with Crippen LogP contribution in [0, 0.1) is 0 Å². The Bertz CT molecular complexity index is 568. The molecule has 18 heavy (non-hydrogen) atoms. The molecule has 0 saturated heterocycles. The number of benzene rings is 1. The van der Waals surface area contributed by atoms with Crippen LogP contribution in [0.5, 0.6) is 0 Å². The third-order valence-corrected chi connectivity index (χ3v) is 3.08. The number of carboxylic acid groups (broad SMARTS) is 1. The van der Waals surface area contributed by atoms with Gasteiger partial charge in [-0.15, -0.1) is 5.11 Å². The molecule has 1 N–H and O–H groups in total. The molecule has 0 bridgehead atoms. The van der Waals surface area contributed by atoms with Crippen molar-refractivity contribution >= 4 is 21.5 Å². The molecule has 0 radical (unpaired) electrons. The second kappa shape index (κ2) is 5.58. The maximum Gasteiger partial charge on any atom is 0.324 e. The van der Waals surface area contributed by atoms with E-state index in [1.165, 1.54) is 19.2 Å². The number of rotatable bonds is 5. The maximum atomic E-state index is 11.5. The fraction of sp³-hybridized carbons (Fsp3) is 0.300. The smallest absolute Gasteiger partial charge is 0.324 e. The van der Waals surface area contributed by atoms with Gasteiger partial charge in [0, 0.05) is 13.3 Å². The lowest BCUT2D eigenvalue weighted by atomic mass is 10.3. The molecule has 0 atom stereocenters. The van der Waals surface area contributed by atoms with Crippen molar-refractivity contribution in [3.63, 3.8) is 0 Å². The molecule has 8 heteroatoms. The topological polar surface area (TPSA) is 99.4 Å². The van der Waals surface area contributed by atoms with Crippen molar-refractivity contribution in [1.82, 2.24) is 5.01 Å². The number of likely N-dealkylation sites (N-methyl/N-ethyl adjacent to an activating group) is 1. The summed E-state index contributed by atoms with van der Waals surface area (Å²) in [6.07, 6.45) is 1.07. The van der Waals surface area contributed by atoms with Crippen molar-refractivity contribution in [2.45, 2.75) is 4.90 Å². The highest BCUT2D eigenvalue weighted by atomic mass is 32.2. The SMILES string of the molecule is CN(CC(=O)O)/N=N/c1ccccc1S(C)(=O)=O. The van der Waals surface area contributed by atoms with Crippen LogP contribution in [-0.4, -0.2) is 44.4 Å². The molecule has 0 aliphatic rings. The molecule has 0 amide bonds. The number of aliphatic carboxylic acids is 1. The second-order valence-electron chi connectivity index (χ2n) is 3.64. The van der Waals surface area contributed by atoms with E-state index in [2.05, 4.69) is 10.3 Å². The van der Waals surface area contributed by atoms with E-state index in [9.17, 15) is 13.2 Å². The van der Waals surface area contributed by atoms with Crippen molar-refractivity contribution in [1.29, 1.82) is 0 Å². The van der Waals surface area contributed by atoms with Gasteiger partial charge >= 0.3 is 5.97 Å². The summed E-state index contributed by atoms with van der Waals surface area (Å²) >= 11 is 0. The predicted molar refractivity (Wildman–Crippen MR) is 64.3 cm³/mol. The van der Waals surface area contributed by atoms with Crippen LogP contribution < -0.4 is 0 Å². The van der Waals surface area contributed by atoms with Gasteiger partial charge in [0.05, 0.1) is 4.90 Å². The van der Waals surface area contributed by atoms with Crippen LogP contribution in [-0.2, 0) is 14.6 Å². The Morgan fingerprint density at radius 3 is 2.56 bits per heavy atom. The Kier molecular flexibility index (Phi) is 4.38. The highest BCUT2D eigenvalue weighted by Gasteiger charge is 2.12. The minimum absolute atomic E-state index is 0.0532. The lowest BCUT2D eigenvalue weighted by molar-refractivity contribution is -0.138. The maximum absolute atomic E-state index is 11.5. The highest BCUT2D eigenvalue weighted by molar-refractivity contribution is 7.90. The normalized spacial score (nSPS) is 11.7. The summed E-state index contributed by atoms with van der Waals surface area (Å²) in [5.74, 6) is -1.05. The van der Waals surface area contributed by atoms with Gasteiger partial charge in [-0.1, -0.05) is 17.4 Å². The van der Waals surface area contributed by atoms with Crippen LogP contribution in [0.3, 0.4) is 0 Å². The van der Waals surface area contributed by atoms with Crippen LogP contribution in [0.15, 0.2) is 39.5 Å². The summed E-state index contributed by atoms with van der Waals surface area (Å²) in [5.41, 5.74) is 0.178. The second-order valence-corrected chi connectivity index (χ2v) is 5.62. The Balaban J connectivity index is 2.98. The third kappa shape index (κ3) is 4.13. The summed E-state index contributed by atoms with van der Waals surface area (Å²) in [6.45, 7) is -0.315. The largest absolute Gasteiger partial charge is 0.480 e. The average molecular weight is 271 g/mol. The standard InChI is InChI=1S/C10H13N3O4S/c1-13(7-10(14)15)12-11-8-5-3-4-6-9(8)18(2,16)17/h3-6H,7H2,1-2H3,(H,14,15)/b12-11+. The molecule has 1 aromatic rings. The molecular formula is C10H13N3O4S. The molecule has 98 valence electrons. The first kappa shape index (κ1) is 14.1. The minimum atomic E-state index is -3.39. The molecule has 0 aromatic heterocycles. The monoisotopic (exact) mass is 271 g/mol. The van der Waals surface area contributed by atoms with Crippen LogP contribution in [0.4, 0.5) is 5.69 Å². The van der Waals surface area contributed by atoms with Gasteiger partial charge in [-0.3, -0.25) is 9.80 Å². The predicted octanol–water partition coefficient (Wildman–Crippen LogP) is 1.11. The van der Waals surface area contributed by atoms with Gasteiger partial charge in [0.2, 0.25) is 0 Å². The Labute approximate surface area is 105 Å². The molecule has 0 aliphatic heterocycles.